The Hall–Kier alpha value is -3.83. The zero-order valence-corrected chi connectivity index (χ0v) is 19.5. The SMILES string of the molecule is COc1nc(N2CC3CCC(C2)N3)c2cnc(-c3cccc4cccc(CCC#N)c34)c(F)c2n1. The number of anilines is 1. The number of piperazine rings is 1. The van der Waals surface area contributed by atoms with Crippen molar-refractivity contribution in [3.8, 4) is 23.3 Å². The Kier molecular flexibility index (Phi) is 5.42. The second-order valence-corrected chi connectivity index (χ2v) is 9.24. The highest BCUT2D eigenvalue weighted by Gasteiger charge is 2.34. The second-order valence-electron chi connectivity index (χ2n) is 9.24. The van der Waals surface area contributed by atoms with Gasteiger partial charge in [-0.15, -0.1) is 0 Å². The van der Waals surface area contributed by atoms with Gasteiger partial charge in [0.15, 0.2) is 5.82 Å². The molecule has 2 fully saturated rings. The van der Waals surface area contributed by atoms with E-state index in [9.17, 15) is 0 Å². The summed E-state index contributed by atoms with van der Waals surface area (Å²) in [6.45, 7) is 1.61. The maximum atomic E-state index is 16.2. The number of fused-ring (bicyclic) bond motifs is 4. The molecule has 0 aliphatic carbocycles. The summed E-state index contributed by atoms with van der Waals surface area (Å²) in [7, 11) is 1.50. The molecule has 8 heteroatoms. The van der Waals surface area contributed by atoms with Gasteiger partial charge in [0.05, 0.1) is 18.6 Å². The van der Waals surface area contributed by atoms with Crippen LogP contribution in [0.15, 0.2) is 42.6 Å². The maximum Gasteiger partial charge on any atom is 0.318 e. The van der Waals surface area contributed by atoms with Gasteiger partial charge in [-0.1, -0.05) is 36.4 Å². The van der Waals surface area contributed by atoms with Crippen LogP contribution in [0, 0.1) is 17.1 Å². The summed E-state index contributed by atoms with van der Waals surface area (Å²) in [5.74, 6) is 0.168. The molecular formula is C27H25FN6O. The first-order valence-electron chi connectivity index (χ1n) is 12.0. The number of pyridine rings is 1. The molecule has 1 N–H and O–H groups in total. The molecule has 2 saturated heterocycles. The number of rotatable bonds is 5. The van der Waals surface area contributed by atoms with Crippen LogP contribution in [0.25, 0.3) is 32.9 Å². The fourth-order valence-electron chi connectivity index (χ4n) is 5.53. The zero-order chi connectivity index (χ0) is 23.9. The van der Waals surface area contributed by atoms with Crippen molar-refractivity contribution < 1.29 is 9.13 Å². The number of hydrogen-bond donors (Lipinski definition) is 1. The van der Waals surface area contributed by atoms with Crippen LogP contribution in [0.2, 0.25) is 0 Å². The molecule has 4 heterocycles. The van der Waals surface area contributed by atoms with Gasteiger partial charge in [-0.3, -0.25) is 4.98 Å². The first kappa shape index (κ1) is 21.7. The molecule has 2 bridgehead atoms. The lowest BCUT2D eigenvalue weighted by molar-refractivity contribution is 0.380. The fraction of sp³-hybridized carbons (Fsp3) is 0.333. The fourth-order valence-corrected chi connectivity index (χ4v) is 5.53. The number of aryl methyl sites for hydroxylation is 1. The average molecular weight is 469 g/mol. The predicted molar refractivity (Wildman–Crippen MR) is 133 cm³/mol. The molecule has 2 atom stereocenters. The third kappa shape index (κ3) is 3.72. The highest BCUT2D eigenvalue weighted by molar-refractivity contribution is 6.00. The van der Waals surface area contributed by atoms with Gasteiger partial charge in [-0.05, 0) is 35.6 Å². The quantitative estimate of drug-likeness (QED) is 0.465. The van der Waals surface area contributed by atoms with E-state index >= 15 is 4.39 Å². The number of nitriles is 1. The first-order valence-corrected chi connectivity index (χ1v) is 12.0. The lowest BCUT2D eigenvalue weighted by atomic mass is 9.94. The van der Waals surface area contributed by atoms with Crippen LogP contribution in [0.5, 0.6) is 6.01 Å². The van der Waals surface area contributed by atoms with Gasteiger partial charge in [0.2, 0.25) is 0 Å². The first-order chi connectivity index (χ1) is 17.2. The predicted octanol–water partition coefficient (Wildman–Crippen LogP) is 4.39. The standard InChI is InChI=1S/C27H25FN6O/c1-35-27-32-25-21(26(33-27)34-14-18-10-11-19(15-34)31-18)13-30-24(23(25)28)20-9-3-7-16-5-2-6-17(22(16)20)8-4-12-29/h2-3,5-7,9,13,18-19,31H,4,8,10-11,14-15H2,1H3. The van der Waals surface area contributed by atoms with Crippen molar-refractivity contribution in [1.82, 2.24) is 20.3 Å². The monoisotopic (exact) mass is 468 g/mol. The molecule has 0 saturated carbocycles. The zero-order valence-electron chi connectivity index (χ0n) is 19.5. The number of ether oxygens (including phenoxy) is 1. The highest BCUT2D eigenvalue weighted by atomic mass is 19.1. The molecule has 6 rings (SSSR count). The molecule has 0 radical (unpaired) electrons. The summed E-state index contributed by atoms with van der Waals surface area (Å²) in [6, 6.07) is 14.9. The Morgan fingerprint density at radius 1 is 1.14 bits per heavy atom. The molecule has 0 amide bonds. The van der Waals surface area contributed by atoms with Gasteiger partial charge >= 0.3 is 6.01 Å². The number of nitrogens with zero attached hydrogens (tertiary/aromatic N) is 5. The van der Waals surface area contributed by atoms with Crippen molar-refractivity contribution in [2.45, 2.75) is 37.8 Å². The van der Waals surface area contributed by atoms with Crippen LogP contribution in [0.3, 0.4) is 0 Å². The third-order valence-corrected chi connectivity index (χ3v) is 7.09. The van der Waals surface area contributed by atoms with Crippen molar-refractivity contribution >= 4 is 27.5 Å². The Bertz CT molecular complexity index is 1470. The van der Waals surface area contributed by atoms with Crippen LogP contribution < -0.4 is 15.0 Å². The van der Waals surface area contributed by atoms with Crippen molar-refractivity contribution in [1.29, 1.82) is 5.26 Å². The summed E-state index contributed by atoms with van der Waals surface area (Å²) in [5.41, 5.74) is 2.13. The number of nitrogens with one attached hydrogen (secondary N) is 1. The van der Waals surface area contributed by atoms with E-state index in [0.29, 0.717) is 41.7 Å². The molecule has 35 heavy (non-hydrogen) atoms. The maximum absolute atomic E-state index is 16.2. The molecule has 2 aliphatic rings. The minimum atomic E-state index is -0.495. The number of methoxy groups -OCH3 is 1. The summed E-state index contributed by atoms with van der Waals surface area (Å²) < 4.78 is 21.6. The van der Waals surface area contributed by atoms with E-state index in [0.717, 1.165) is 42.3 Å². The minimum absolute atomic E-state index is 0.141. The summed E-state index contributed by atoms with van der Waals surface area (Å²) >= 11 is 0. The lowest BCUT2D eigenvalue weighted by Crippen LogP contribution is -2.51. The molecule has 2 aromatic heterocycles. The topological polar surface area (TPSA) is 87.0 Å². The Morgan fingerprint density at radius 3 is 2.66 bits per heavy atom. The van der Waals surface area contributed by atoms with Crippen LogP contribution in [0.1, 0.15) is 24.8 Å². The Morgan fingerprint density at radius 2 is 1.91 bits per heavy atom. The number of halogens is 1. The molecule has 0 spiro atoms. The van der Waals surface area contributed by atoms with Crippen molar-refractivity contribution in [3.05, 3.63) is 54.0 Å². The minimum Gasteiger partial charge on any atom is -0.467 e. The number of aromatic nitrogens is 3. The normalized spacial score (nSPS) is 19.3. The Labute approximate surface area is 202 Å². The third-order valence-electron chi connectivity index (χ3n) is 7.09. The van der Waals surface area contributed by atoms with E-state index in [1.165, 1.54) is 7.11 Å². The van der Waals surface area contributed by atoms with Crippen LogP contribution in [-0.2, 0) is 6.42 Å². The Balaban J connectivity index is 1.53. The molecule has 2 unspecified atom stereocenters. The highest BCUT2D eigenvalue weighted by Crippen LogP contribution is 2.37. The van der Waals surface area contributed by atoms with Gasteiger partial charge < -0.3 is 15.0 Å². The largest absolute Gasteiger partial charge is 0.467 e. The van der Waals surface area contributed by atoms with Gasteiger partial charge in [0.25, 0.3) is 0 Å². The summed E-state index contributed by atoms with van der Waals surface area (Å²) in [5, 5.41) is 15.2. The molecule has 4 aromatic rings. The summed E-state index contributed by atoms with van der Waals surface area (Å²) in [6.07, 6.45) is 4.93. The van der Waals surface area contributed by atoms with E-state index in [4.69, 9.17) is 10.00 Å². The van der Waals surface area contributed by atoms with E-state index < -0.39 is 5.82 Å². The molecule has 2 aliphatic heterocycles. The van der Waals surface area contributed by atoms with E-state index in [1.807, 2.05) is 36.4 Å². The van der Waals surface area contributed by atoms with Crippen LogP contribution >= 0.6 is 0 Å². The number of hydrogen-bond acceptors (Lipinski definition) is 7. The van der Waals surface area contributed by atoms with Crippen molar-refractivity contribution in [2.24, 2.45) is 0 Å². The van der Waals surface area contributed by atoms with Crippen LogP contribution in [0.4, 0.5) is 10.2 Å². The van der Waals surface area contributed by atoms with Gasteiger partial charge in [0, 0.05) is 43.4 Å². The average Bonchev–Trinajstić information content (AvgIpc) is 3.24. The van der Waals surface area contributed by atoms with Gasteiger partial charge in [-0.25, -0.2) is 4.39 Å². The van der Waals surface area contributed by atoms with Crippen molar-refractivity contribution in [2.75, 3.05) is 25.1 Å². The van der Waals surface area contributed by atoms with E-state index in [-0.39, 0.29) is 17.2 Å². The summed E-state index contributed by atoms with van der Waals surface area (Å²) in [4.78, 5) is 15.8. The van der Waals surface area contributed by atoms with Crippen LogP contribution in [-0.4, -0.2) is 47.2 Å². The van der Waals surface area contributed by atoms with Crippen molar-refractivity contribution in [3.63, 3.8) is 0 Å². The second kappa shape index (κ2) is 8.75. The molecule has 7 nitrogen and oxygen atoms in total. The lowest BCUT2D eigenvalue weighted by Gasteiger charge is -2.34. The molecular weight excluding hydrogens is 443 g/mol. The van der Waals surface area contributed by atoms with Gasteiger partial charge in [-0.2, -0.15) is 15.2 Å². The molecule has 2 aromatic carbocycles. The van der Waals surface area contributed by atoms with Gasteiger partial charge in [0.1, 0.15) is 17.0 Å². The molecule has 176 valence electrons. The van der Waals surface area contributed by atoms with E-state index in [2.05, 4.69) is 31.2 Å². The van der Waals surface area contributed by atoms with E-state index in [1.54, 1.807) is 6.20 Å². The smallest absolute Gasteiger partial charge is 0.318 e. The number of benzene rings is 2.